The van der Waals surface area contributed by atoms with E-state index in [9.17, 15) is 13.2 Å². The van der Waals surface area contributed by atoms with Crippen molar-refractivity contribution in [1.82, 2.24) is 14.1 Å². The molecule has 0 radical (unpaired) electrons. The van der Waals surface area contributed by atoms with Crippen molar-refractivity contribution in [3.8, 4) is 5.69 Å². The van der Waals surface area contributed by atoms with Gasteiger partial charge in [-0.1, -0.05) is 41.4 Å². The lowest BCUT2D eigenvalue weighted by Crippen LogP contribution is -2.50. The Hall–Kier alpha value is -2.63. The minimum absolute atomic E-state index is 0.0644. The van der Waals surface area contributed by atoms with Crippen LogP contribution in [0.4, 0.5) is 11.4 Å². The number of aromatic nitrogens is 2. The first-order valence-electron chi connectivity index (χ1n) is 11.6. The van der Waals surface area contributed by atoms with Crippen LogP contribution in [0.15, 0.2) is 64.4 Å². The molecule has 9 nitrogen and oxygen atoms in total. The molecular weight excluding hydrogens is 525 g/mol. The zero-order valence-electron chi connectivity index (χ0n) is 19.4. The number of ether oxygens (including phenoxy) is 1. The summed E-state index contributed by atoms with van der Waals surface area (Å²) in [5.41, 5.74) is 1.70. The van der Waals surface area contributed by atoms with Crippen molar-refractivity contribution in [3.05, 3.63) is 75.1 Å². The molecule has 0 aliphatic carbocycles. The number of piperazine rings is 1. The molecule has 12 heteroatoms. The number of para-hydroxylation sites is 1. The zero-order valence-corrected chi connectivity index (χ0v) is 21.7. The van der Waals surface area contributed by atoms with Gasteiger partial charge in [-0.3, -0.25) is 4.79 Å². The Morgan fingerprint density at radius 1 is 0.833 bits per heavy atom. The third-order valence-corrected chi connectivity index (χ3v) is 8.63. The van der Waals surface area contributed by atoms with Gasteiger partial charge in [-0.15, -0.1) is 0 Å². The normalized spacial score (nSPS) is 17.4. The largest absolute Gasteiger partial charge is 0.378 e. The second kappa shape index (κ2) is 10.4. The third kappa shape index (κ3) is 4.96. The molecule has 2 saturated heterocycles. The molecular formula is C24H25Cl2N5O4S. The van der Waals surface area contributed by atoms with Gasteiger partial charge in [0.25, 0.3) is 5.56 Å². The van der Waals surface area contributed by atoms with Crippen molar-refractivity contribution in [3.63, 3.8) is 0 Å². The molecule has 0 saturated carbocycles. The molecule has 0 amide bonds. The van der Waals surface area contributed by atoms with Crippen LogP contribution in [-0.4, -0.2) is 75.0 Å². The first-order valence-corrected chi connectivity index (χ1v) is 13.8. The van der Waals surface area contributed by atoms with E-state index in [1.165, 1.54) is 27.2 Å². The van der Waals surface area contributed by atoms with Gasteiger partial charge in [0.1, 0.15) is 5.69 Å². The number of hydrogen-bond donors (Lipinski definition) is 0. The maximum atomic E-state index is 13.7. The van der Waals surface area contributed by atoms with Crippen molar-refractivity contribution < 1.29 is 13.2 Å². The van der Waals surface area contributed by atoms with E-state index >= 15 is 0 Å². The van der Waals surface area contributed by atoms with Gasteiger partial charge in [-0.2, -0.15) is 14.1 Å². The van der Waals surface area contributed by atoms with Gasteiger partial charge in [0.2, 0.25) is 10.0 Å². The average Bonchev–Trinajstić information content (AvgIpc) is 2.89. The maximum Gasteiger partial charge on any atom is 0.297 e. The summed E-state index contributed by atoms with van der Waals surface area (Å²) in [7, 11) is -3.76. The van der Waals surface area contributed by atoms with Crippen LogP contribution in [0.25, 0.3) is 5.69 Å². The van der Waals surface area contributed by atoms with E-state index in [4.69, 9.17) is 27.9 Å². The Balaban J connectivity index is 1.44. The van der Waals surface area contributed by atoms with Gasteiger partial charge in [-0.05, 0) is 30.3 Å². The van der Waals surface area contributed by atoms with Crippen LogP contribution in [0, 0.1) is 0 Å². The Labute approximate surface area is 219 Å². The Kier molecular flexibility index (Phi) is 7.23. The summed E-state index contributed by atoms with van der Waals surface area (Å²) >= 11 is 12.1. The molecule has 0 atom stereocenters. The Morgan fingerprint density at radius 3 is 2.11 bits per heavy atom. The van der Waals surface area contributed by atoms with Crippen molar-refractivity contribution in [2.24, 2.45) is 0 Å². The molecule has 2 aliphatic heterocycles. The van der Waals surface area contributed by atoms with Crippen LogP contribution in [0.5, 0.6) is 0 Å². The van der Waals surface area contributed by atoms with Gasteiger partial charge in [0.05, 0.1) is 35.7 Å². The smallest absolute Gasteiger partial charge is 0.297 e. The van der Waals surface area contributed by atoms with Crippen LogP contribution >= 0.6 is 23.2 Å². The summed E-state index contributed by atoms with van der Waals surface area (Å²) in [5, 5.41) is 4.98. The quantitative estimate of drug-likeness (QED) is 0.483. The predicted octanol–water partition coefficient (Wildman–Crippen LogP) is 2.89. The molecule has 190 valence electrons. The van der Waals surface area contributed by atoms with Crippen LogP contribution in [-0.2, 0) is 14.8 Å². The van der Waals surface area contributed by atoms with Crippen LogP contribution in [0.3, 0.4) is 0 Å². The molecule has 0 N–H and O–H groups in total. The number of morpholine rings is 1. The van der Waals surface area contributed by atoms with E-state index < -0.39 is 10.0 Å². The lowest BCUT2D eigenvalue weighted by atomic mass is 10.2. The van der Waals surface area contributed by atoms with Crippen molar-refractivity contribution in [2.45, 2.75) is 4.90 Å². The minimum atomic E-state index is -3.76. The fourth-order valence-electron chi connectivity index (χ4n) is 4.50. The summed E-state index contributed by atoms with van der Waals surface area (Å²) in [6.45, 7) is 3.54. The number of rotatable bonds is 5. The maximum absolute atomic E-state index is 13.7. The minimum Gasteiger partial charge on any atom is -0.378 e. The van der Waals surface area contributed by atoms with Crippen molar-refractivity contribution in [1.29, 1.82) is 0 Å². The van der Waals surface area contributed by atoms with E-state index in [1.807, 2.05) is 40.1 Å². The average molecular weight is 550 g/mol. The van der Waals surface area contributed by atoms with Gasteiger partial charge < -0.3 is 14.5 Å². The highest BCUT2D eigenvalue weighted by Crippen LogP contribution is 2.30. The number of hydrogen-bond acceptors (Lipinski definition) is 7. The molecule has 36 heavy (non-hydrogen) atoms. The monoisotopic (exact) mass is 549 g/mol. The highest BCUT2D eigenvalue weighted by Gasteiger charge is 2.31. The summed E-state index contributed by atoms with van der Waals surface area (Å²) in [5.74, 6) is 0. The van der Waals surface area contributed by atoms with Crippen LogP contribution in [0.2, 0.25) is 10.0 Å². The number of sulfonamides is 1. The van der Waals surface area contributed by atoms with Gasteiger partial charge in [0.15, 0.2) is 0 Å². The van der Waals surface area contributed by atoms with Gasteiger partial charge in [-0.25, -0.2) is 8.42 Å². The van der Waals surface area contributed by atoms with E-state index in [-0.39, 0.29) is 33.6 Å². The first kappa shape index (κ1) is 25.0. The van der Waals surface area contributed by atoms with E-state index in [0.29, 0.717) is 56.5 Å². The molecule has 0 bridgehead atoms. The molecule has 5 rings (SSSR count). The summed E-state index contributed by atoms with van der Waals surface area (Å²) < 4.78 is 34.7. The predicted molar refractivity (Wildman–Crippen MR) is 140 cm³/mol. The van der Waals surface area contributed by atoms with E-state index in [0.717, 1.165) is 0 Å². The fraction of sp³-hybridized carbons (Fsp3) is 0.333. The summed E-state index contributed by atoms with van der Waals surface area (Å²) in [6.07, 6.45) is 1.69. The number of halogens is 2. The van der Waals surface area contributed by atoms with Gasteiger partial charge >= 0.3 is 0 Å². The lowest BCUT2D eigenvalue weighted by molar-refractivity contribution is 0.122. The van der Waals surface area contributed by atoms with Gasteiger partial charge in [0, 0.05) is 49.3 Å². The Morgan fingerprint density at radius 2 is 1.47 bits per heavy atom. The summed E-state index contributed by atoms with van der Waals surface area (Å²) in [4.78, 5) is 17.8. The number of nitrogens with zero attached hydrogens (tertiary/aromatic N) is 5. The second-order valence-electron chi connectivity index (χ2n) is 8.53. The summed E-state index contributed by atoms with van der Waals surface area (Å²) in [6, 6.07) is 13.6. The topological polar surface area (TPSA) is 88.0 Å². The first-order chi connectivity index (χ1) is 17.3. The molecule has 2 fully saturated rings. The van der Waals surface area contributed by atoms with E-state index in [1.54, 1.807) is 6.20 Å². The number of benzene rings is 2. The zero-order chi connectivity index (χ0) is 25.3. The highest BCUT2D eigenvalue weighted by molar-refractivity contribution is 7.89. The number of anilines is 2. The second-order valence-corrected chi connectivity index (χ2v) is 11.3. The van der Waals surface area contributed by atoms with Crippen LogP contribution in [0.1, 0.15) is 0 Å². The molecule has 0 spiro atoms. The molecule has 3 heterocycles. The molecule has 2 aromatic carbocycles. The standard InChI is InChI=1S/C24H25Cl2N5O4S/c25-18-14-19(26)16-21(15-18)36(33,34)30-8-6-28(7-9-30)22-17-27-31(20-4-2-1-3-5-20)24(32)23(22)29-10-12-35-13-11-29/h1-5,14-17H,6-13H2. The lowest BCUT2D eigenvalue weighted by Gasteiger charge is -2.38. The SMILES string of the molecule is O=c1c(N2CCOCC2)c(N2CCN(S(=O)(=O)c3cc(Cl)cc(Cl)c3)CC2)cnn1-c1ccccc1. The molecule has 0 unspecified atom stereocenters. The molecule has 1 aromatic heterocycles. The highest BCUT2D eigenvalue weighted by atomic mass is 35.5. The van der Waals surface area contributed by atoms with E-state index in [2.05, 4.69) is 5.10 Å². The molecule has 3 aromatic rings. The fourth-order valence-corrected chi connectivity index (χ4v) is 6.65. The third-order valence-electron chi connectivity index (χ3n) is 6.31. The Bertz CT molecular complexity index is 1380. The van der Waals surface area contributed by atoms with Crippen LogP contribution < -0.4 is 15.4 Å². The van der Waals surface area contributed by atoms with Crippen molar-refractivity contribution >= 4 is 44.6 Å². The molecule has 2 aliphatic rings. The van der Waals surface area contributed by atoms with Crippen molar-refractivity contribution in [2.75, 3.05) is 62.3 Å².